The van der Waals surface area contributed by atoms with E-state index in [-0.39, 0.29) is 6.04 Å². The lowest BCUT2D eigenvalue weighted by Crippen LogP contribution is -2.25. The van der Waals surface area contributed by atoms with Gasteiger partial charge in [-0.2, -0.15) is 0 Å². The topological polar surface area (TPSA) is 60.6 Å². The Labute approximate surface area is 155 Å². The van der Waals surface area contributed by atoms with E-state index in [1.54, 1.807) is 14.2 Å². The predicted molar refractivity (Wildman–Crippen MR) is 96.0 cm³/mol. The van der Waals surface area contributed by atoms with Crippen molar-refractivity contribution in [1.29, 1.82) is 0 Å². The van der Waals surface area contributed by atoms with Gasteiger partial charge in [0.25, 0.3) is 0 Å². The van der Waals surface area contributed by atoms with E-state index in [1.165, 1.54) is 6.39 Å². The van der Waals surface area contributed by atoms with E-state index in [2.05, 4.69) is 10.2 Å². The molecule has 2 heterocycles. The Morgan fingerprint density at radius 2 is 1.85 bits per heavy atom. The van der Waals surface area contributed by atoms with Gasteiger partial charge in [-0.1, -0.05) is 30.3 Å². The highest BCUT2D eigenvalue weighted by Crippen LogP contribution is 2.37. The minimum Gasteiger partial charge on any atom is -0.493 e. The largest absolute Gasteiger partial charge is 0.493 e. The third-order valence-corrected chi connectivity index (χ3v) is 4.50. The molecule has 0 N–H and O–H groups in total. The molecule has 0 bridgehead atoms. The lowest BCUT2D eigenvalue weighted by molar-refractivity contribution is 0.189. The van der Waals surface area contributed by atoms with Crippen LogP contribution in [0.1, 0.15) is 31.4 Å². The van der Waals surface area contributed by atoms with Gasteiger partial charge in [0.2, 0.25) is 12.3 Å². The van der Waals surface area contributed by atoms with Gasteiger partial charge in [0.15, 0.2) is 11.5 Å². The average Bonchev–Trinajstić information content (AvgIpc) is 3.33. The van der Waals surface area contributed by atoms with Gasteiger partial charge in [-0.15, -0.1) is 10.2 Å². The number of benzene rings is 2. The first-order valence-electron chi connectivity index (χ1n) is 9.47. The molecule has 0 saturated heterocycles. The fraction of sp³-hybridized carbons (Fsp3) is 0.300. The molecule has 6 heteroatoms. The number of hydrogen-bond donors (Lipinski definition) is 0. The summed E-state index contributed by atoms with van der Waals surface area (Å²) in [5.41, 5.74) is 2.58. The molecule has 4 rings (SSSR count). The Morgan fingerprint density at radius 1 is 1.12 bits per heavy atom. The lowest BCUT2D eigenvalue weighted by Gasteiger charge is -2.27. The summed E-state index contributed by atoms with van der Waals surface area (Å²) in [5, 5.41) is 7.77. The van der Waals surface area contributed by atoms with Gasteiger partial charge in [-0.25, -0.2) is 0 Å². The Morgan fingerprint density at radius 3 is 2.46 bits per heavy atom. The van der Waals surface area contributed by atoms with Crippen molar-refractivity contribution < 1.29 is 16.6 Å². The Kier molecular flexibility index (Phi) is 3.95. The molecular formula is C20H21N3O3. The van der Waals surface area contributed by atoms with Gasteiger partial charge >= 0.3 is 0 Å². The SMILES string of the molecule is [2H]C1c2ccccc2C([2H])N1C(Cc1nnco1)c1ccc(OC)c(OC)c1. The van der Waals surface area contributed by atoms with E-state index >= 15 is 0 Å². The van der Waals surface area contributed by atoms with E-state index in [0.29, 0.717) is 23.8 Å². The second-order valence-corrected chi connectivity index (χ2v) is 6.00. The van der Waals surface area contributed by atoms with Crippen molar-refractivity contribution in [2.24, 2.45) is 0 Å². The minimum atomic E-state index is -0.667. The molecule has 1 aromatic heterocycles. The predicted octanol–water partition coefficient (Wildman–Crippen LogP) is 3.39. The van der Waals surface area contributed by atoms with Crippen LogP contribution in [0, 0.1) is 0 Å². The molecule has 3 aromatic rings. The van der Waals surface area contributed by atoms with Crippen molar-refractivity contribution in [3.05, 3.63) is 71.4 Å². The molecule has 0 saturated carbocycles. The van der Waals surface area contributed by atoms with Crippen molar-refractivity contribution >= 4 is 0 Å². The number of fused-ring (bicyclic) bond motifs is 1. The molecule has 3 atom stereocenters. The fourth-order valence-electron chi connectivity index (χ4n) is 3.19. The van der Waals surface area contributed by atoms with Crippen molar-refractivity contribution in [3.63, 3.8) is 0 Å². The smallest absolute Gasteiger partial charge is 0.218 e. The van der Waals surface area contributed by atoms with Crippen LogP contribution in [0.3, 0.4) is 0 Å². The van der Waals surface area contributed by atoms with Crippen molar-refractivity contribution in [3.8, 4) is 11.5 Å². The highest BCUT2D eigenvalue weighted by atomic mass is 16.5. The second kappa shape index (κ2) is 7.17. The van der Waals surface area contributed by atoms with E-state index < -0.39 is 13.0 Å². The first-order chi connectivity index (χ1) is 13.6. The zero-order chi connectivity index (χ0) is 19.7. The molecule has 134 valence electrons. The normalized spacial score (nSPS) is 21.6. The summed E-state index contributed by atoms with van der Waals surface area (Å²) in [5.74, 6) is 1.67. The van der Waals surface area contributed by atoms with Crippen LogP contribution in [-0.4, -0.2) is 29.3 Å². The first-order valence-corrected chi connectivity index (χ1v) is 8.31. The third-order valence-electron chi connectivity index (χ3n) is 4.50. The molecular weight excluding hydrogens is 330 g/mol. The van der Waals surface area contributed by atoms with E-state index in [1.807, 2.05) is 47.4 Å². The number of aromatic nitrogens is 2. The van der Waals surface area contributed by atoms with Gasteiger partial charge in [0.1, 0.15) is 0 Å². The number of nitrogens with zero attached hydrogens (tertiary/aromatic N) is 3. The number of rotatable bonds is 6. The fourth-order valence-corrected chi connectivity index (χ4v) is 3.19. The molecule has 0 fully saturated rings. The quantitative estimate of drug-likeness (QED) is 0.677. The molecule has 26 heavy (non-hydrogen) atoms. The van der Waals surface area contributed by atoms with Crippen LogP contribution in [0.5, 0.6) is 11.5 Å². The zero-order valence-electron chi connectivity index (χ0n) is 16.6. The summed E-state index contributed by atoms with van der Waals surface area (Å²) in [6.45, 7) is -1.33. The van der Waals surface area contributed by atoms with Gasteiger partial charge in [0.05, 0.1) is 14.2 Å². The maximum Gasteiger partial charge on any atom is 0.218 e. The minimum absolute atomic E-state index is 0.322. The average molecular weight is 353 g/mol. The summed E-state index contributed by atoms with van der Waals surface area (Å²) in [7, 11) is 3.17. The van der Waals surface area contributed by atoms with Crippen LogP contribution >= 0.6 is 0 Å². The number of ether oxygens (including phenoxy) is 2. The van der Waals surface area contributed by atoms with Gasteiger partial charge in [-0.3, -0.25) is 4.90 Å². The molecule has 0 spiro atoms. The molecule has 2 aromatic carbocycles. The van der Waals surface area contributed by atoms with Crippen molar-refractivity contribution in [2.75, 3.05) is 14.2 Å². The molecule has 1 aliphatic heterocycles. The van der Waals surface area contributed by atoms with Crippen LogP contribution in [0.25, 0.3) is 0 Å². The van der Waals surface area contributed by atoms with Gasteiger partial charge in [0, 0.05) is 28.2 Å². The second-order valence-electron chi connectivity index (χ2n) is 6.00. The van der Waals surface area contributed by atoms with Crippen LogP contribution in [0.2, 0.25) is 0 Å². The maximum atomic E-state index is 8.77. The number of methoxy groups -OCH3 is 2. The molecule has 3 unspecified atom stereocenters. The highest BCUT2D eigenvalue weighted by Gasteiger charge is 2.29. The Balaban J connectivity index is 1.77. The maximum absolute atomic E-state index is 8.77. The summed E-state index contributed by atoms with van der Waals surface area (Å²) in [4.78, 5) is 1.84. The van der Waals surface area contributed by atoms with Crippen LogP contribution in [0.15, 0.2) is 53.3 Å². The first kappa shape index (κ1) is 14.3. The molecule has 0 aliphatic carbocycles. The van der Waals surface area contributed by atoms with E-state index in [9.17, 15) is 0 Å². The third kappa shape index (κ3) is 3.15. The Hall–Kier alpha value is -2.86. The van der Waals surface area contributed by atoms with Gasteiger partial charge < -0.3 is 13.9 Å². The molecule has 6 nitrogen and oxygen atoms in total. The van der Waals surface area contributed by atoms with Gasteiger partial charge in [-0.05, 0) is 28.8 Å². The Bertz CT molecular complexity index is 923. The molecule has 1 aliphatic rings. The summed E-state index contributed by atoms with van der Waals surface area (Å²) in [6, 6.07) is 12.9. The van der Waals surface area contributed by atoms with E-state index in [0.717, 1.165) is 16.7 Å². The molecule has 0 radical (unpaired) electrons. The van der Waals surface area contributed by atoms with Crippen molar-refractivity contribution in [2.45, 2.75) is 25.5 Å². The zero-order valence-corrected chi connectivity index (χ0v) is 14.6. The standard InChI is InChI=1S/C20H21N3O3/c1-24-18-8-7-14(9-19(18)25-2)17(10-20-22-21-13-26-20)23-11-15-5-3-4-6-16(15)12-23/h3-9,13,17H,10-12H2,1-2H3/i11D,12D. The molecule has 0 amide bonds. The van der Waals surface area contributed by atoms with Crippen LogP contribution in [-0.2, 0) is 19.5 Å². The van der Waals surface area contributed by atoms with Crippen LogP contribution in [0.4, 0.5) is 0 Å². The lowest BCUT2D eigenvalue weighted by atomic mass is 10.0. The summed E-state index contributed by atoms with van der Waals surface area (Å²) < 4.78 is 33.7. The van der Waals surface area contributed by atoms with Crippen LogP contribution < -0.4 is 9.47 Å². The van der Waals surface area contributed by atoms with E-state index in [4.69, 9.17) is 16.6 Å². The highest BCUT2D eigenvalue weighted by molar-refractivity contribution is 5.44. The monoisotopic (exact) mass is 353 g/mol. The number of hydrogen-bond acceptors (Lipinski definition) is 6. The summed E-state index contributed by atoms with van der Waals surface area (Å²) >= 11 is 0. The summed E-state index contributed by atoms with van der Waals surface area (Å²) in [6.07, 6.45) is 1.67. The van der Waals surface area contributed by atoms with Crippen molar-refractivity contribution in [1.82, 2.24) is 15.1 Å².